The number of carbonyl (C=O) groups excluding carboxylic acids is 1. The average Bonchev–Trinajstić information content (AvgIpc) is 2.67. The third kappa shape index (κ3) is 6.67. The number of carbonyl (C=O) groups is 1. The first-order valence-corrected chi connectivity index (χ1v) is 11.3. The molecule has 0 N–H and O–H groups in total. The molecule has 0 amide bonds. The zero-order valence-electron chi connectivity index (χ0n) is 15.9. The van der Waals surface area contributed by atoms with Crippen LogP contribution in [0, 0.1) is 5.82 Å². The van der Waals surface area contributed by atoms with Gasteiger partial charge >= 0.3 is 5.97 Å². The van der Waals surface area contributed by atoms with Gasteiger partial charge in [0.1, 0.15) is 10.7 Å². The van der Waals surface area contributed by atoms with Gasteiger partial charge < -0.3 is 4.74 Å². The largest absolute Gasteiger partial charge is 0.466 e. The van der Waals surface area contributed by atoms with E-state index in [4.69, 9.17) is 27.9 Å². The van der Waals surface area contributed by atoms with Crippen LogP contribution in [0.15, 0.2) is 47.4 Å². The topological polar surface area (TPSA) is 63.7 Å². The molecule has 0 aliphatic heterocycles. The Morgan fingerprint density at radius 1 is 1.14 bits per heavy atom. The molecule has 2 aromatic rings. The molecule has 29 heavy (non-hydrogen) atoms. The van der Waals surface area contributed by atoms with Crippen LogP contribution in [-0.2, 0) is 26.1 Å². The van der Waals surface area contributed by atoms with Gasteiger partial charge in [-0.2, -0.15) is 4.31 Å². The molecule has 0 aliphatic carbocycles. The SMILES string of the molecule is CCOC(=O)CCCCN(Cc1ccccc1F)S(=O)(=O)c1cc(Cl)ccc1Cl. The fraction of sp³-hybridized carbons (Fsp3) is 0.350. The summed E-state index contributed by atoms with van der Waals surface area (Å²) in [6, 6.07) is 10.1. The molecular weight excluding hydrogens is 440 g/mol. The molecule has 2 rings (SSSR count). The Kier molecular flexibility index (Phi) is 8.89. The average molecular weight is 462 g/mol. The lowest BCUT2D eigenvalue weighted by Gasteiger charge is -2.23. The van der Waals surface area contributed by atoms with E-state index in [0.717, 1.165) is 4.31 Å². The van der Waals surface area contributed by atoms with Crippen molar-refractivity contribution in [2.45, 2.75) is 37.6 Å². The molecule has 0 saturated heterocycles. The Bertz CT molecular complexity index is 953. The van der Waals surface area contributed by atoms with Gasteiger partial charge in [-0.05, 0) is 44.0 Å². The highest BCUT2D eigenvalue weighted by atomic mass is 35.5. The van der Waals surface area contributed by atoms with E-state index in [-0.39, 0.29) is 46.0 Å². The van der Waals surface area contributed by atoms with E-state index in [1.807, 2.05) is 0 Å². The third-order valence-electron chi connectivity index (χ3n) is 4.16. The van der Waals surface area contributed by atoms with E-state index in [9.17, 15) is 17.6 Å². The number of unbranched alkanes of at least 4 members (excludes halogenated alkanes) is 1. The van der Waals surface area contributed by atoms with Crippen molar-refractivity contribution in [1.82, 2.24) is 4.31 Å². The van der Waals surface area contributed by atoms with Crippen molar-refractivity contribution in [3.05, 3.63) is 63.9 Å². The Hall–Kier alpha value is -1.67. The van der Waals surface area contributed by atoms with Crippen LogP contribution < -0.4 is 0 Å². The van der Waals surface area contributed by atoms with Crippen molar-refractivity contribution < 1.29 is 22.3 Å². The van der Waals surface area contributed by atoms with Crippen molar-refractivity contribution in [3.8, 4) is 0 Å². The maximum Gasteiger partial charge on any atom is 0.305 e. The predicted octanol–water partition coefficient (Wildman–Crippen LogP) is 5.06. The maximum absolute atomic E-state index is 14.1. The number of ether oxygens (including phenoxy) is 1. The molecule has 9 heteroatoms. The Balaban J connectivity index is 2.25. The van der Waals surface area contributed by atoms with Crippen LogP contribution in [0.25, 0.3) is 0 Å². The van der Waals surface area contributed by atoms with E-state index in [0.29, 0.717) is 19.4 Å². The highest BCUT2D eigenvalue weighted by Gasteiger charge is 2.27. The summed E-state index contributed by atoms with van der Waals surface area (Å²) in [5, 5.41) is 0.251. The van der Waals surface area contributed by atoms with Gasteiger partial charge in [0.05, 0.1) is 11.6 Å². The zero-order valence-corrected chi connectivity index (χ0v) is 18.2. The molecule has 0 bridgehead atoms. The molecule has 5 nitrogen and oxygen atoms in total. The predicted molar refractivity (Wildman–Crippen MR) is 111 cm³/mol. The Morgan fingerprint density at radius 3 is 2.55 bits per heavy atom. The normalized spacial score (nSPS) is 11.6. The van der Waals surface area contributed by atoms with Crippen LogP contribution in [0.5, 0.6) is 0 Å². The van der Waals surface area contributed by atoms with E-state index in [1.54, 1.807) is 13.0 Å². The maximum atomic E-state index is 14.1. The van der Waals surface area contributed by atoms with Crippen LogP contribution in [0.1, 0.15) is 31.7 Å². The number of nitrogens with zero attached hydrogens (tertiary/aromatic N) is 1. The van der Waals surface area contributed by atoms with Crippen molar-refractivity contribution in [3.63, 3.8) is 0 Å². The van der Waals surface area contributed by atoms with Crippen molar-refractivity contribution in [1.29, 1.82) is 0 Å². The Morgan fingerprint density at radius 2 is 1.86 bits per heavy atom. The monoisotopic (exact) mass is 461 g/mol. The number of esters is 1. The lowest BCUT2D eigenvalue weighted by Crippen LogP contribution is -2.32. The zero-order chi connectivity index (χ0) is 21.4. The minimum atomic E-state index is -4.05. The summed E-state index contributed by atoms with van der Waals surface area (Å²) in [6.45, 7) is 1.92. The third-order valence-corrected chi connectivity index (χ3v) is 6.72. The van der Waals surface area contributed by atoms with Crippen LogP contribution in [0.3, 0.4) is 0 Å². The number of rotatable bonds is 10. The van der Waals surface area contributed by atoms with Gasteiger partial charge in [0.25, 0.3) is 0 Å². The van der Waals surface area contributed by atoms with Gasteiger partial charge in [-0.1, -0.05) is 41.4 Å². The summed E-state index contributed by atoms with van der Waals surface area (Å²) in [7, 11) is -4.05. The molecule has 0 aromatic heterocycles. The number of halogens is 3. The molecule has 0 heterocycles. The smallest absolute Gasteiger partial charge is 0.305 e. The van der Waals surface area contributed by atoms with Crippen LogP contribution in [0.2, 0.25) is 10.0 Å². The van der Waals surface area contributed by atoms with Crippen molar-refractivity contribution in [2.24, 2.45) is 0 Å². The van der Waals surface area contributed by atoms with Gasteiger partial charge in [0, 0.05) is 30.1 Å². The van der Waals surface area contributed by atoms with Gasteiger partial charge in [-0.3, -0.25) is 4.79 Å². The van der Waals surface area contributed by atoms with Crippen molar-refractivity contribution in [2.75, 3.05) is 13.2 Å². The lowest BCUT2D eigenvalue weighted by molar-refractivity contribution is -0.143. The summed E-state index contributed by atoms with van der Waals surface area (Å²) in [4.78, 5) is 11.3. The van der Waals surface area contributed by atoms with E-state index < -0.39 is 15.8 Å². The summed E-state index contributed by atoms with van der Waals surface area (Å²) >= 11 is 12.0. The molecule has 0 spiro atoms. The second-order valence-corrected chi connectivity index (χ2v) is 9.02. The summed E-state index contributed by atoms with van der Waals surface area (Å²) < 4.78 is 46.6. The van der Waals surface area contributed by atoms with E-state index in [1.165, 1.54) is 36.4 Å². The highest BCUT2D eigenvalue weighted by Crippen LogP contribution is 2.29. The van der Waals surface area contributed by atoms with Gasteiger partial charge in [-0.15, -0.1) is 0 Å². The fourth-order valence-electron chi connectivity index (χ4n) is 2.71. The second kappa shape index (κ2) is 10.9. The van der Waals surface area contributed by atoms with Crippen molar-refractivity contribution >= 4 is 39.2 Å². The highest BCUT2D eigenvalue weighted by molar-refractivity contribution is 7.89. The number of hydrogen-bond donors (Lipinski definition) is 0. The van der Waals surface area contributed by atoms with Gasteiger partial charge in [0.15, 0.2) is 0 Å². The number of hydrogen-bond acceptors (Lipinski definition) is 4. The first-order valence-electron chi connectivity index (χ1n) is 9.10. The lowest BCUT2D eigenvalue weighted by atomic mass is 10.2. The van der Waals surface area contributed by atoms with Gasteiger partial charge in [0.2, 0.25) is 10.0 Å². The molecule has 0 unspecified atom stereocenters. The summed E-state index contributed by atoms with van der Waals surface area (Å²) in [5.74, 6) is -0.842. The molecule has 2 aromatic carbocycles. The molecule has 0 atom stereocenters. The van der Waals surface area contributed by atoms with Crippen LogP contribution in [-0.4, -0.2) is 31.8 Å². The van der Waals surface area contributed by atoms with E-state index in [2.05, 4.69) is 0 Å². The fourth-order valence-corrected chi connectivity index (χ4v) is 4.90. The summed E-state index contributed by atoms with van der Waals surface area (Å²) in [6.07, 6.45) is 1.01. The van der Waals surface area contributed by atoms with Crippen LogP contribution in [0.4, 0.5) is 4.39 Å². The minimum absolute atomic E-state index is 0.0273. The van der Waals surface area contributed by atoms with Gasteiger partial charge in [-0.25, -0.2) is 12.8 Å². The number of sulfonamides is 1. The standard InChI is InChI=1S/C20H22Cl2FNO4S/c1-2-28-20(25)9-5-6-12-24(14-15-7-3-4-8-18(15)23)29(26,27)19-13-16(21)10-11-17(19)22/h3-4,7-8,10-11,13H,2,5-6,9,12,14H2,1H3. The molecule has 0 fully saturated rings. The van der Waals surface area contributed by atoms with E-state index >= 15 is 0 Å². The minimum Gasteiger partial charge on any atom is -0.466 e. The molecule has 0 radical (unpaired) electrons. The molecular formula is C20H22Cl2FNO4S. The quantitative estimate of drug-likeness (QED) is 0.366. The molecule has 158 valence electrons. The molecule has 0 aliphatic rings. The first kappa shape index (κ1) is 23.6. The molecule has 0 saturated carbocycles. The summed E-state index contributed by atoms with van der Waals surface area (Å²) in [5.41, 5.74) is 0.236. The number of benzene rings is 2. The Labute approximate surface area is 180 Å². The first-order chi connectivity index (χ1) is 13.8. The second-order valence-electron chi connectivity index (χ2n) is 6.27. The van der Waals surface area contributed by atoms with Crippen LogP contribution >= 0.6 is 23.2 Å².